The molecule has 2 saturated heterocycles. The SMILES string of the molecule is c1ccc(-c2cnc(CN3CCCC(N4CCCC4)C3)o2)cc1. The lowest BCUT2D eigenvalue weighted by Gasteiger charge is -2.37. The Morgan fingerprint density at radius 2 is 1.87 bits per heavy atom. The largest absolute Gasteiger partial charge is 0.439 e. The molecule has 23 heavy (non-hydrogen) atoms. The first-order chi connectivity index (χ1) is 11.4. The Morgan fingerprint density at radius 3 is 2.70 bits per heavy atom. The molecule has 4 heteroatoms. The summed E-state index contributed by atoms with van der Waals surface area (Å²) in [6.45, 7) is 5.72. The van der Waals surface area contributed by atoms with E-state index in [9.17, 15) is 0 Å². The molecule has 2 aromatic rings. The second-order valence-corrected chi connectivity index (χ2v) is 6.76. The van der Waals surface area contributed by atoms with Crippen LogP contribution in [0.25, 0.3) is 11.3 Å². The molecule has 0 saturated carbocycles. The van der Waals surface area contributed by atoms with Crippen molar-refractivity contribution >= 4 is 0 Å². The molecule has 1 aromatic heterocycles. The van der Waals surface area contributed by atoms with Gasteiger partial charge in [-0.25, -0.2) is 4.98 Å². The van der Waals surface area contributed by atoms with Crippen molar-refractivity contribution in [3.8, 4) is 11.3 Å². The molecule has 4 nitrogen and oxygen atoms in total. The number of rotatable bonds is 4. The van der Waals surface area contributed by atoms with Gasteiger partial charge in [-0.1, -0.05) is 30.3 Å². The molecule has 122 valence electrons. The Bertz CT molecular complexity index is 619. The molecule has 2 aliphatic heterocycles. The van der Waals surface area contributed by atoms with Crippen molar-refractivity contribution in [2.75, 3.05) is 26.2 Å². The fraction of sp³-hybridized carbons (Fsp3) is 0.526. The Morgan fingerprint density at radius 1 is 1.04 bits per heavy atom. The van der Waals surface area contributed by atoms with E-state index in [-0.39, 0.29) is 0 Å². The molecule has 0 amide bonds. The Kier molecular flexibility index (Phi) is 4.44. The zero-order valence-electron chi connectivity index (χ0n) is 13.7. The summed E-state index contributed by atoms with van der Waals surface area (Å²) in [6.07, 6.45) is 7.23. The second kappa shape index (κ2) is 6.85. The number of piperidine rings is 1. The van der Waals surface area contributed by atoms with Crippen LogP contribution in [-0.2, 0) is 6.54 Å². The highest BCUT2D eigenvalue weighted by atomic mass is 16.4. The van der Waals surface area contributed by atoms with E-state index in [1.807, 2.05) is 24.4 Å². The molecule has 0 bridgehead atoms. The lowest BCUT2D eigenvalue weighted by molar-refractivity contribution is 0.104. The molecule has 4 rings (SSSR count). The van der Waals surface area contributed by atoms with Crippen LogP contribution in [0.3, 0.4) is 0 Å². The smallest absolute Gasteiger partial charge is 0.209 e. The van der Waals surface area contributed by atoms with Gasteiger partial charge in [0.15, 0.2) is 5.76 Å². The van der Waals surface area contributed by atoms with Gasteiger partial charge in [-0.05, 0) is 45.3 Å². The Labute approximate surface area is 138 Å². The maximum Gasteiger partial charge on any atom is 0.209 e. The lowest BCUT2D eigenvalue weighted by atomic mass is 10.0. The molecule has 1 aromatic carbocycles. The van der Waals surface area contributed by atoms with Gasteiger partial charge in [0, 0.05) is 18.2 Å². The first-order valence-electron chi connectivity index (χ1n) is 8.85. The molecule has 3 heterocycles. The number of hydrogen-bond acceptors (Lipinski definition) is 4. The summed E-state index contributed by atoms with van der Waals surface area (Å²) in [7, 11) is 0. The van der Waals surface area contributed by atoms with Gasteiger partial charge < -0.3 is 4.42 Å². The molecule has 1 atom stereocenters. The monoisotopic (exact) mass is 311 g/mol. The van der Waals surface area contributed by atoms with Crippen molar-refractivity contribution in [3.63, 3.8) is 0 Å². The van der Waals surface area contributed by atoms with E-state index >= 15 is 0 Å². The summed E-state index contributed by atoms with van der Waals surface area (Å²) in [6, 6.07) is 10.9. The molecule has 2 aliphatic rings. The molecule has 0 aliphatic carbocycles. The zero-order chi connectivity index (χ0) is 15.5. The maximum absolute atomic E-state index is 5.97. The van der Waals surface area contributed by atoms with Crippen molar-refractivity contribution in [3.05, 3.63) is 42.4 Å². The van der Waals surface area contributed by atoms with Crippen molar-refractivity contribution in [2.45, 2.75) is 38.3 Å². The quantitative estimate of drug-likeness (QED) is 0.866. The minimum atomic E-state index is 0.731. The van der Waals surface area contributed by atoms with Crippen molar-refractivity contribution in [2.24, 2.45) is 0 Å². The summed E-state index contributed by atoms with van der Waals surface area (Å²) >= 11 is 0. The Hall–Kier alpha value is -1.65. The molecule has 1 unspecified atom stereocenters. The van der Waals surface area contributed by atoms with Gasteiger partial charge in [0.05, 0.1) is 12.7 Å². The summed E-state index contributed by atoms with van der Waals surface area (Å²) in [4.78, 5) is 9.67. The van der Waals surface area contributed by atoms with Crippen LogP contribution >= 0.6 is 0 Å². The number of oxazole rings is 1. The number of likely N-dealkylation sites (tertiary alicyclic amines) is 2. The minimum Gasteiger partial charge on any atom is -0.439 e. The van der Waals surface area contributed by atoms with Crippen molar-refractivity contribution in [1.29, 1.82) is 0 Å². The molecular formula is C19H25N3O. The summed E-state index contributed by atoms with van der Waals surface area (Å²) in [5, 5.41) is 0. The number of benzene rings is 1. The van der Waals surface area contributed by atoms with Crippen LogP contribution in [-0.4, -0.2) is 47.0 Å². The highest BCUT2D eigenvalue weighted by Gasteiger charge is 2.27. The topological polar surface area (TPSA) is 32.5 Å². The standard InChI is InChI=1S/C19H25N3O/c1-2-7-16(8-3-1)18-13-20-19(23-18)15-21-10-6-9-17(14-21)22-11-4-5-12-22/h1-3,7-8,13,17H,4-6,9-12,14-15H2. The van der Waals surface area contributed by atoms with E-state index in [0.717, 1.165) is 42.9 Å². The highest BCUT2D eigenvalue weighted by molar-refractivity contribution is 5.55. The summed E-state index contributed by atoms with van der Waals surface area (Å²) < 4.78 is 5.97. The fourth-order valence-electron chi connectivity index (χ4n) is 3.89. The molecule has 0 N–H and O–H groups in total. The van der Waals surface area contributed by atoms with Gasteiger partial charge in [-0.3, -0.25) is 9.80 Å². The van der Waals surface area contributed by atoms with Gasteiger partial charge in [0.25, 0.3) is 0 Å². The third kappa shape index (κ3) is 3.48. The van der Waals surface area contributed by atoms with Gasteiger partial charge in [0.1, 0.15) is 0 Å². The van der Waals surface area contributed by atoms with Crippen LogP contribution < -0.4 is 0 Å². The van der Waals surface area contributed by atoms with Crippen LogP contribution in [0.4, 0.5) is 0 Å². The van der Waals surface area contributed by atoms with Crippen molar-refractivity contribution < 1.29 is 4.42 Å². The first-order valence-corrected chi connectivity index (χ1v) is 8.85. The van der Waals surface area contributed by atoms with E-state index in [0.29, 0.717) is 0 Å². The molecule has 2 fully saturated rings. The van der Waals surface area contributed by atoms with Crippen LogP contribution in [0.1, 0.15) is 31.6 Å². The number of aromatic nitrogens is 1. The summed E-state index contributed by atoms with van der Waals surface area (Å²) in [5.41, 5.74) is 1.10. The predicted octanol–water partition coefficient (Wildman–Crippen LogP) is 3.40. The second-order valence-electron chi connectivity index (χ2n) is 6.76. The normalized spacial score (nSPS) is 23.4. The van der Waals surface area contributed by atoms with E-state index < -0.39 is 0 Å². The van der Waals surface area contributed by atoms with E-state index in [4.69, 9.17) is 4.42 Å². The van der Waals surface area contributed by atoms with E-state index in [2.05, 4.69) is 26.9 Å². The van der Waals surface area contributed by atoms with Crippen LogP contribution in [0, 0.1) is 0 Å². The van der Waals surface area contributed by atoms with Crippen LogP contribution in [0.15, 0.2) is 40.9 Å². The van der Waals surface area contributed by atoms with Gasteiger partial charge in [-0.15, -0.1) is 0 Å². The molecule has 0 radical (unpaired) electrons. The maximum atomic E-state index is 5.97. The molecular weight excluding hydrogens is 286 g/mol. The number of hydrogen-bond donors (Lipinski definition) is 0. The van der Waals surface area contributed by atoms with E-state index in [1.165, 1.54) is 38.8 Å². The minimum absolute atomic E-state index is 0.731. The predicted molar refractivity (Wildman–Crippen MR) is 91.0 cm³/mol. The average molecular weight is 311 g/mol. The first kappa shape index (κ1) is 14.9. The molecule has 0 spiro atoms. The van der Waals surface area contributed by atoms with E-state index in [1.54, 1.807) is 0 Å². The van der Waals surface area contributed by atoms with Crippen LogP contribution in [0.2, 0.25) is 0 Å². The fourth-order valence-corrected chi connectivity index (χ4v) is 3.89. The van der Waals surface area contributed by atoms with Gasteiger partial charge in [-0.2, -0.15) is 0 Å². The van der Waals surface area contributed by atoms with Gasteiger partial charge in [0.2, 0.25) is 5.89 Å². The van der Waals surface area contributed by atoms with Crippen molar-refractivity contribution in [1.82, 2.24) is 14.8 Å². The Balaban J connectivity index is 1.39. The third-order valence-electron chi connectivity index (χ3n) is 5.11. The van der Waals surface area contributed by atoms with Gasteiger partial charge >= 0.3 is 0 Å². The third-order valence-corrected chi connectivity index (χ3v) is 5.11. The summed E-state index contributed by atoms with van der Waals surface area (Å²) in [5.74, 6) is 1.71. The average Bonchev–Trinajstić information content (AvgIpc) is 3.28. The lowest BCUT2D eigenvalue weighted by Crippen LogP contribution is -2.46. The zero-order valence-corrected chi connectivity index (χ0v) is 13.7. The number of nitrogens with zero attached hydrogens (tertiary/aromatic N) is 3. The highest BCUT2D eigenvalue weighted by Crippen LogP contribution is 2.23. The van der Waals surface area contributed by atoms with Crippen LogP contribution in [0.5, 0.6) is 0 Å².